The number of aromatic nitrogens is 1. The van der Waals surface area contributed by atoms with Crippen molar-refractivity contribution in [3.63, 3.8) is 0 Å². The number of nitrogens with zero attached hydrogens (tertiary/aromatic N) is 3. The number of nitriles is 1. The van der Waals surface area contributed by atoms with Gasteiger partial charge in [0.15, 0.2) is 0 Å². The molecule has 1 aromatic carbocycles. The number of carbonyl (C=O) groups is 1. The van der Waals surface area contributed by atoms with Crippen LogP contribution in [0.2, 0.25) is 0 Å². The number of likely N-dealkylation sites (tertiary alicyclic amines) is 1. The second kappa shape index (κ2) is 6.59. The van der Waals surface area contributed by atoms with E-state index in [1.165, 1.54) is 4.90 Å². The third-order valence-electron chi connectivity index (χ3n) is 4.26. The minimum atomic E-state index is -0.550. The molecule has 0 saturated carbocycles. The summed E-state index contributed by atoms with van der Waals surface area (Å²) in [6, 6.07) is 16.2. The number of aliphatic hydroxyl groups is 1. The Labute approximate surface area is 134 Å². The van der Waals surface area contributed by atoms with E-state index in [4.69, 9.17) is 0 Å². The highest BCUT2D eigenvalue weighted by molar-refractivity contribution is 5.81. The van der Waals surface area contributed by atoms with Crippen LogP contribution in [0.1, 0.15) is 17.2 Å². The van der Waals surface area contributed by atoms with E-state index in [2.05, 4.69) is 11.1 Å². The van der Waals surface area contributed by atoms with Crippen LogP contribution in [-0.4, -0.2) is 39.6 Å². The summed E-state index contributed by atoms with van der Waals surface area (Å²) in [6.45, 7) is -0.161. The van der Waals surface area contributed by atoms with Gasteiger partial charge < -0.3 is 10.0 Å². The lowest BCUT2D eigenvalue weighted by Crippen LogP contribution is -2.65. The zero-order chi connectivity index (χ0) is 16.2. The highest BCUT2D eigenvalue weighted by atomic mass is 16.3. The minimum Gasteiger partial charge on any atom is -0.394 e. The molecule has 1 aliphatic rings. The summed E-state index contributed by atoms with van der Waals surface area (Å²) < 4.78 is 0. The minimum absolute atomic E-state index is 0.136. The molecule has 0 radical (unpaired) electrons. The fourth-order valence-electron chi connectivity index (χ4n) is 3.17. The van der Waals surface area contributed by atoms with E-state index in [-0.39, 0.29) is 30.9 Å². The number of hydrogen-bond donors (Lipinski definition) is 1. The van der Waals surface area contributed by atoms with Crippen LogP contribution in [0.4, 0.5) is 0 Å². The molecule has 3 rings (SSSR count). The van der Waals surface area contributed by atoms with Gasteiger partial charge in [-0.05, 0) is 17.7 Å². The van der Waals surface area contributed by atoms with Gasteiger partial charge >= 0.3 is 0 Å². The Bertz CT molecular complexity index is 712. The van der Waals surface area contributed by atoms with Crippen LogP contribution in [0, 0.1) is 11.3 Å². The first-order chi connectivity index (χ1) is 11.3. The first kappa shape index (κ1) is 15.2. The van der Waals surface area contributed by atoms with Crippen molar-refractivity contribution in [2.45, 2.75) is 24.4 Å². The van der Waals surface area contributed by atoms with E-state index in [0.717, 1.165) is 5.56 Å². The van der Waals surface area contributed by atoms with Crippen molar-refractivity contribution in [1.82, 2.24) is 9.88 Å². The Morgan fingerprint density at radius 1 is 1.22 bits per heavy atom. The zero-order valence-electron chi connectivity index (χ0n) is 12.5. The second-order valence-corrected chi connectivity index (χ2v) is 5.56. The lowest BCUT2D eigenvalue weighted by Gasteiger charge is -2.51. The van der Waals surface area contributed by atoms with E-state index in [1.807, 2.05) is 36.4 Å². The van der Waals surface area contributed by atoms with Gasteiger partial charge in [0.2, 0.25) is 5.91 Å². The Kier molecular flexibility index (Phi) is 4.35. The lowest BCUT2D eigenvalue weighted by molar-refractivity contribution is -0.146. The first-order valence-electron chi connectivity index (χ1n) is 7.52. The van der Waals surface area contributed by atoms with E-state index in [1.54, 1.807) is 18.3 Å². The average molecular weight is 307 g/mol. The predicted molar refractivity (Wildman–Crippen MR) is 84.2 cm³/mol. The maximum absolute atomic E-state index is 12.5. The quantitative estimate of drug-likeness (QED) is 0.928. The molecular formula is C18H17N3O2. The molecule has 1 fully saturated rings. The van der Waals surface area contributed by atoms with Gasteiger partial charge in [-0.2, -0.15) is 5.26 Å². The number of amides is 1. The molecule has 116 valence electrons. The normalized spacial score (nSPS) is 23.0. The number of pyridine rings is 1. The summed E-state index contributed by atoms with van der Waals surface area (Å²) in [5.41, 5.74) is 1.63. The Morgan fingerprint density at radius 2 is 1.96 bits per heavy atom. The van der Waals surface area contributed by atoms with Crippen molar-refractivity contribution in [2.75, 3.05) is 6.61 Å². The molecule has 1 saturated heterocycles. The Balaban J connectivity index is 1.80. The van der Waals surface area contributed by atoms with Crippen molar-refractivity contribution >= 4 is 5.91 Å². The molecule has 1 N–H and O–H groups in total. The lowest BCUT2D eigenvalue weighted by atomic mass is 9.75. The largest absolute Gasteiger partial charge is 0.394 e. The molecule has 5 heteroatoms. The molecule has 1 amide bonds. The summed E-state index contributed by atoms with van der Waals surface area (Å²) >= 11 is 0. The van der Waals surface area contributed by atoms with Gasteiger partial charge in [0, 0.05) is 17.8 Å². The summed E-state index contributed by atoms with van der Waals surface area (Å²) in [5.74, 6) is -0.333. The summed E-state index contributed by atoms with van der Waals surface area (Å²) in [6.07, 6.45) is 1.77. The molecule has 5 nitrogen and oxygen atoms in total. The number of hydrogen-bond acceptors (Lipinski definition) is 4. The highest BCUT2D eigenvalue weighted by Gasteiger charge is 2.51. The van der Waals surface area contributed by atoms with E-state index < -0.39 is 6.04 Å². The van der Waals surface area contributed by atoms with Crippen molar-refractivity contribution in [1.29, 1.82) is 5.26 Å². The van der Waals surface area contributed by atoms with Crippen LogP contribution in [0.5, 0.6) is 0 Å². The van der Waals surface area contributed by atoms with Gasteiger partial charge in [-0.1, -0.05) is 36.4 Å². The zero-order valence-corrected chi connectivity index (χ0v) is 12.5. The number of benzene rings is 1. The predicted octanol–water partition coefficient (Wildman–Crippen LogP) is 1.50. The Hall–Kier alpha value is -2.71. The fourth-order valence-corrected chi connectivity index (χ4v) is 3.17. The summed E-state index contributed by atoms with van der Waals surface area (Å²) in [5, 5.41) is 19.2. The van der Waals surface area contributed by atoms with Gasteiger partial charge in [-0.3, -0.25) is 9.78 Å². The third kappa shape index (κ3) is 2.81. The van der Waals surface area contributed by atoms with Gasteiger partial charge in [-0.15, -0.1) is 0 Å². The smallest absolute Gasteiger partial charge is 0.230 e. The molecule has 0 aliphatic carbocycles. The molecule has 0 spiro atoms. The van der Waals surface area contributed by atoms with Gasteiger partial charge in [0.05, 0.1) is 25.1 Å². The SMILES string of the molecule is N#C[C@@H]1[C@H](c2ccccc2)[C@H](CO)N1C(=O)Cc1ccccn1. The fraction of sp³-hybridized carbons (Fsp3) is 0.278. The van der Waals surface area contributed by atoms with Crippen LogP contribution in [0.15, 0.2) is 54.7 Å². The maximum atomic E-state index is 12.5. The Morgan fingerprint density at radius 3 is 2.57 bits per heavy atom. The van der Waals surface area contributed by atoms with Gasteiger partial charge in [0.25, 0.3) is 0 Å². The maximum Gasteiger partial charge on any atom is 0.230 e. The average Bonchev–Trinajstić information content (AvgIpc) is 2.56. The summed E-state index contributed by atoms with van der Waals surface area (Å²) in [4.78, 5) is 18.2. The van der Waals surface area contributed by atoms with Crippen LogP contribution in [0.3, 0.4) is 0 Å². The first-order valence-corrected chi connectivity index (χ1v) is 7.52. The van der Waals surface area contributed by atoms with Crippen LogP contribution in [0.25, 0.3) is 0 Å². The number of rotatable bonds is 4. The van der Waals surface area contributed by atoms with Crippen LogP contribution < -0.4 is 0 Å². The second-order valence-electron chi connectivity index (χ2n) is 5.56. The van der Waals surface area contributed by atoms with Crippen molar-refractivity contribution in [3.05, 3.63) is 66.0 Å². The van der Waals surface area contributed by atoms with Crippen molar-refractivity contribution < 1.29 is 9.90 Å². The molecule has 1 aromatic heterocycles. The molecule has 2 heterocycles. The van der Waals surface area contributed by atoms with Crippen LogP contribution >= 0.6 is 0 Å². The van der Waals surface area contributed by atoms with E-state index in [9.17, 15) is 15.2 Å². The number of carbonyl (C=O) groups excluding carboxylic acids is 1. The van der Waals surface area contributed by atoms with Crippen LogP contribution in [-0.2, 0) is 11.2 Å². The van der Waals surface area contributed by atoms with E-state index in [0.29, 0.717) is 5.69 Å². The van der Waals surface area contributed by atoms with Crippen molar-refractivity contribution in [2.24, 2.45) is 0 Å². The molecular weight excluding hydrogens is 290 g/mol. The highest BCUT2D eigenvalue weighted by Crippen LogP contribution is 2.40. The molecule has 2 aromatic rings. The van der Waals surface area contributed by atoms with Gasteiger partial charge in [0.1, 0.15) is 6.04 Å². The monoisotopic (exact) mass is 307 g/mol. The standard InChI is InChI=1S/C18H17N3O2/c19-11-15-18(13-6-2-1-3-7-13)16(12-22)21(15)17(23)10-14-8-4-5-9-20-14/h1-9,15-16,18,22H,10,12H2/t15-,16+,18+/m1/s1. The summed E-state index contributed by atoms with van der Waals surface area (Å²) in [7, 11) is 0. The number of aliphatic hydroxyl groups excluding tert-OH is 1. The van der Waals surface area contributed by atoms with Gasteiger partial charge in [-0.25, -0.2) is 0 Å². The molecule has 3 atom stereocenters. The topological polar surface area (TPSA) is 77.2 Å². The molecule has 1 aliphatic heterocycles. The molecule has 0 unspecified atom stereocenters. The molecule has 0 bridgehead atoms. The third-order valence-corrected chi connectivity index (χ3v) is 4.26. The molecule has 23 heavy (non-hydrogen) atoms. The van der Waals surface area contributed by atoms with E-state index >= 15 is 0 Å². The van der Waals surface area contributed by atoms with Crippen molar-refractivity contribution in [3.8, 4) is 6.07 Å².